The van der Waals surface area contributed by atoms with E-state index >= 15 is 4.39 Å². The number of benzene rings is 2. The van der Waals surface area contributed by atoms with E-state index in [4.69, 9.17) is 4.74 Å². The minimum atomic E-state index is -0.472. The number of piperidine rings is 1. The van der Waals surface area contributed by atoms with Crippen LogP contribution in [0.25, 0.3) is 32.8 Å². The van der Waals surface area contributed by atoms with Gasteiger partial charge in [-0.25, -0.2) is 4.39 Å². The Labute approximate surface area is 219 Å². The monoisotopic (exact) mass is 517 g/mol. The first kappa shape index (κ1) is 24.9. The van der Waals surface area contributed by atoms with Crippen LogP contribution in [-0.4, -0.2) is 65.0 Å². The molecule has 2 aliphatic heterocycles. The first-order valence-electron chi connectivity index (χ1n) is 13.4. The van der Waals surface area contributed by atoms with Gasteiger partial charge in [0.1, 0.15) is 5.65 Å². The predicted molar refractivity (Wildman–Crippen MR) is 146 cm³/mol. The average molecular weight is 518 g/mol. The quantitative estimate of drug-likeness (QED) is 0.424. The van der Waals surface area contributed by atoms with Crippen molar-refractivity contribution in [3.63, 3.8) is 0 Å². The second kappa shape index (κ2) is 9.70. The van der Waals surface area contributed by atoms with E-state index < -0.39 is 5.82 Å². The molecule has 198 valence electrons. The fourth-order valence-electron chi connectivity index (χ4n) is 6.38. The summed E-state index contributed by atoms with van der Waals surface area (Å²) in [6.07, 6.45) is 1.81. The van der Waals surface area contributed by atoms with Crippen LogP contribution in [0.15, 0.2) is 29.1 Å². The molecular weight excluding hydrogens is 485 g/mol. The Hall–Kier alpha value is -3.45. The maximum Gasteiger partial charge on any atom is 0.199 e. The van der Waals surface area contributed by atoms with Gasteiger partial charge in [0.05, 0.1) is 48.0 Å². The third-order valence-electron chi connectivity index (χ3n) is 8.18. The zero-order valence-corrected chi connectivity index (χ0v) is 21.8. The van der Waals surface area contributed by atoms with Gasteiger partial charge in [-0.1, -0.05) is 6.07 Å². The summed E-state index contributed by atoms with van der Waals surface area (Å²) in [7, 11) is 0. The van der Waals surface area contributed by atoms with Gasteiger partial charge in [-0.15, -0.1) is 0 Å². The second-order valence-electron chi connectivity index (χ2n) is 10.6. The molecule has 2 aromatic heterocycles. The summed E-state index contributed by atoms with van der Waals surface area (Å²) in [5, 5.41) is 21.1. The number of nitriles is 1. The molecule has 6 rings (SSSR count). The SMILES string of the molecule is CC(C)n1c2[nH]c3cc(C#N)ccc3c2c(=O)c2cc(CO)c(N3CCC(N4CCOCC4)CC3)c(F)c21. The Bertz CT molecular complexity index is 1640. The molecule has 4 aromatic rings. The predicted octanol–water partition coefficient (Wildman–Crippen LogP) is 4.02. The average Bonchev–Trinajstić information content (AvgIpc) is 3.32. The van der Waals surface area contributed by atoms with Gasteiger partial charge in [0.2, 0.25) is 0 Å². The molecule has 2 fully saturated rings. The highest BCUT2D eigenvalue weighted by Gasteiger charge is 2.30. The number of fused-ring (bicyclic) bond motifs is 4. The van der Waals surface area contributed by atoms with Crippen molar-refractivity contribution in [2.45, 2.75) is 45.4 Å². The Morgan fingerprint density at radius 2 is 1.89 bits per heavy atom. The van der Waals surface area contributed by atoms with Crippen LogP contribution in [-0.2, 0) is 11.3 Å². The van der Waals surface area contributed by atoms with E-state index in [0.717, 1.165) is 39.1 Å². The fraction of sp³-hybridized carbons (Fsp3) is 0.448. The Kier molecular flexibility index (Phi) is 6.34. The number of rotatable bonds is 4. The molecule has 2 N–H and O–H groups in total. The van der Waals surface area contributed by atoms with Gasteiger partial charge in [-0.3, -0.25) is 9.69 Å². The number of ether oxygens (including phenoxy) is 1. The van der Waals surface area contributed by atoms with E-state index in [1.807, 2.05) is 23.3 Å². The molecule has 0 saturated carbocycles. The molecule has 4 heterocycles. The van der Waals surface area contributed by atoms with Gasteiger partial charge >= 0.3 is 0 Å². The number of pyridine rings is 1. The first-order chi connectivity index (χ1) is 18.4. The van der Waals surface area contributed by atoms with Crippen LogP contribution >= 0.6 is 0 Å². The molecule has 2 aliphatic rings. The summed E-state index contributed by atoms with van der Waals surface area (Å²) in [5.74, 6) is -0.472. The first-order valence-corrected chi connectivity index (χ1v) is 13.4. The second-order valence-corrected chi connectivity index (χ2v) is 10.6. The molecule has 0 radical (unpaired) electrons. The molecule has 0 unspecified atom stereocenters. The minimum Gasteiger partial charge on any atom is -0.392 e. The molecule has 9 heteroatoms. The summed E-state index contributed by atoms with van der Waals surface area (Å²) < 4.78 is 24.0. The van der Waals surface area contributed by atoms with Gasteiger partial charge in [0.15, 0.2) is 11.2 Å². The van der Waals surface area contributed by atoms with Crippen molar-refractivity contribution < 1.29 is 14.2 Å². The van der Waals surface area contributed by atoms with Crippen molar-refractivity contribution in [1.29, 1.82) is 5.26 Å². The van der Waals surface area contributed by atoms with Crippen LogP contribution in [0, 0.1) is 17.1 Å². The molecule has 8 nitrogen and oxygen atoms in total. The number of morpholine rings is 1. The fourth-order valence-corrected chi connectivity index (χ4v) is 6.38. The Morgan fingerprint density at radius 1 is 1.16 bits per heavy atom. The van der Waals surface area contributed by atoms with E-state index in [-0.39, 0.29) is 29.0 Å². The summed E-state index contributed by atoms with van der Waals surface area (Å²) in [6, 6.07) is 9.25. The van der Waals surface area contributed by atoms with Gasteiger partial charge in [0, 0.05) is 60.1 Å². The lowest BCUT2D eigenvalue weighted by atomic mass is 9.99. The third kappa shape index (κ3) is 3.87. The van der Waals surface area contributed by atoms with Crippen LogP contribution in [0.3, 0.4) is 0 Å². The van der Waals surface area contributed by atoms with Crippen LogP contribution < -0.4 is 10.3 Å². The highest BCUT2D eigenvalue weighted by atomic mass is 19.1. The number of halogens is 1. The number of aromatic nitrogens is 2. The molecule has 0 amide bonds. The number of hydrogen-bond acceptors (Lipinski definition) is 6. The number of hydrogen-bond donors (Lipinski definition) is 2. The standard InChI is InChI=1S/C29H32FN5O3/c1-17(2)35-27-22(28(37)24-21-4-3-18(15-31)13-23(21)32-29(24)35)14-19(16-36)26(25(27)30)34-7-5-20(6-8-34)33-9-11-38-12-10-33/h3-4,13-14,17,20,32,36H,5-12,16H2,1-2H3. The van der Waals surface area contributed by atoms with E-state index in [0.29, 0.717) is 57.9 Å². The highest BCUT2D eigenvalue weighted by Crippen LogP contribution is 2.37. The van der Waals surface area contributed by atoms with Crippen molar-refractivity contribution in [2.75, 3.05) is 44.3 Å². The number of nitrogens with one attached hydrogen (secondary N) is 1. The molecule has 0 bridgehead atoms. The molecule has 0 aliphatic carbocycles. The number of aliphatic hydroxyl groups excluding tert-OH is 1. The lowest BCUT2D eigenvalue weighted by Crippen LogP contribution is -2.49. The maximum absolute atomic E-state index is 16.7. The zero-order chi connectivity index (χ0) is 26.6. The van der Waals surface area contributed by atoms with Gasteiger partial charge < -0.3 is 24.3 Å². The molecule has 0 atom stereocenters. The topological polar surface area (TPSA) is 97.5 Å². The van der Waals surface area contributed by atoms with Crippen LogP contribution in [0.2, 0.25) is 0 Å². The summed E-state index contributed by atoms with van der Waals surface area (Å²) in [6.45, 7) is 8.27. The van der Waals surface area contributed by atoms with E-state index in [9.17, 15) is 15.2 Å². The Balaban J connectivity index is 1.52. The smallest absolute Gasteiger partial charge is 0.199 e. The largest absolute Gasteiger partial charge is 0.392 e. The van der Waals surface area contributed by atoms with Gasteiger partial charge in [-0.05, 0) is 44.9 Å². The van der Waals surface area contributed by atoms with Crippen molar-refractivity contribution in [3.05, 3.63) is 51.4 Å². The number of anilines is 1. The zero-order valence-electron chi connectivity index (χ0n) is 21.8. The third-order valence-corrected chi connectivity index (χ3v) is 8.18. The van der Waals surface area contributed by atoms with Crippen LogP contribution in [0.1, 0.15) is 43.9 Å². The van der Waals surface area contributed by atoms with Crippen LogP contribution in [0.5, 0.6) is 0 Å². The number of aliphatic hydroxyl groups is 1. The normalized spacial score (nSPS) is 17.7. The summed E-state index contributed by atoms with van der Waals surface area (Å²) in [4.78, 5) is 21.6. The minimum absolute atomic E-state index is 0.154. The number of nitrogens with zero attached hydrogens (tertiary/aromatic N) is 4. The highest BCUT2D eigenvalue weighted by molar-refractivity contribution is 6.10. The number of aromatic amines is 1. The molecule has 2 aromatic carbocycles. The van der Waals surface area contributed by atoms with Gasteiger partial charge in [-0.2, -0.15) is 5.26 Å². The molecule has 0 spiro atoms. The van der Waals surface area contributed by atoms with Crippen molar-refractivity contribution in [3.8, 4) is 6.07 Å². The van der Waals surface area contributed by atoms with E-state index in [1.54, 1.807) is 24.3 Å². The summed E-state index contributed by atoms with van der Waals surface area (Å²) >= 11 is 0. The Morgan fingerprint density at radius 3 is 2.55 bits per heavy atom. The summed E-state index contributed by atoms with van der Waals surface area (Å²) in [5.41, 5.74) is 2.45. The van der Waals surface area contributed by atoms with Crippen molar-refractivity contribution in [2.24, 2.45) is 0 Å². The number of H-pyrrole nitrogens is 1. The molecular formula is C29H32FN5O3. The lowest BCUT2D eigenvalue weighted by molar-refractivity contribution is 0.0114. The van der Waals surface area contributed by atoms with E-state index in [2.05, 4.69) is 16.0 Å². The molecule has 38 heavy (non-hydrogen) atoms. The van der Waals surface area contributed by atoms with Gasteiger partial charge in [0.25, 0.3) is 0 Å². The maximum atomic E-state index is 16.7. The molecule has 2 saturated heterocycles. The van der Waals surface area contributed by atoms with Crippen molar-refractivity contribution >= 4 is 38.5 Å². The van der Waals surface area contributed by atoms with E-state index in [1.165, 1.54) is 0 Å². The van der Waals surface area contributed by atoms with Crippen molar-refractivity contribution in [1.82, 2.24) is 14.5 Å². The lowest BCUT2D eigenvalue weighted by Gasteiger charge is -2.41. The van der Waals surface area contributed by atoms with Crippen LogP contribution in [0.4, 0.5) is 10.1 Å².